The number of rotatable bonds is 5. The molecule has 55 heavy (non-hydrogen) atoms. The summed E-state index contributed by atoms with van der Waals surface area (Å²) in [5, 5.41) is 2.42. The van der Waals surface area contributed by atoms with Gasteiger partial charge >= 0.3 is 0 Å². The fourth-order valence-corrected chi connectivity index (χ4v) is 9.85. The second-order valence-electron chi connectivity index (χ2n) is 15.1. The first-order valence-electron chi connectivity index (χ1n) is 19.3. The molecule has 2 aliphatic heterocycles. The first-order valence-corrected chi connectivity index (χ1v) is 19.3. The molecule has 11 rings (SSSR count). The minimum Gasteiger partial charge on any atom is -0.456 e. The Morgan fingerprint density at radius 3 is 1.91 bits per heavy atom. The van der Waals surface area contributed by atoms with Crippen LogP contribution in [0.2, 0.25) is 0 Å². The van der Waals surface area contributed by atoms with Gasteiger partial charge in [-0.25, -0.2) is 0 Å². The first kappa shape index (κ1) is 31.9. The lowest BCUT2D eigenvalue weighted by Crippen LogP contribution is -2.32. The van der Waals surface area contributed by atoms with Crippen molar-refractivity contribution < 1.29 is 4.74 Å². The van der Waals surface area contributed by atoms with E-state index < -0.39 is 5.41 Å². The van der Waals surface area contributed by atoms with Crippen LogP contribution in [0.4, 0.5) is 0 Å². The van der Waals surface area contributed by atoms with Crippen molar-refractivity contribution in [1.82, 2.24) is 0 Å². The molecule has 0 bridgehead atoms. The van der Waals surface area contributed by atoms with Crippen LogP contribution in [0, 0.1) is 5.92 Å². The summed E-state index contributed by atoms with van der Waals surface area (Å²) < 4.78 is 7.08. The third-order valence-corrected chi connectivity index (χ3v) is 12.3. The minimum absolute atomic E-state index is 0.00590. The number of nitrogens with two attached hydrogens (primary N) is 1. The lowest BCUT2D eigenvalue weighted by Gasteiger charge is -2.40. The van der Waals surface area contributed by atoms with E-state index in [4.69, 9.17) is 15.5 Å². The van der Waals surface area contributed by atoms with Gasteiger partial charge in [0.05, 0.1) is 11.5 Å². The van der Waals surface area contributed by atoms with Gasteiger partial charge in [0.25, 0.3) is 0 Å². The Hall–Kier alpha value is -6.55. The predicted molar refractivity (Wildman–Crippen MR) is 224 cm³/mol. The third kappa shape index (κ3) is 4.76. The second-order valence-corrected chi connectivity index (χ2v) is 15.1. The average Bonchev–Trinajstić information content (AvgIpc) is 3.83. The number of aliphatic imine (C=N–C) groups is 1. The maximum absolute atomic E-state index is 7.59. The quantitative estimate of drug-likeness (QED) is 0.194. The van der Waals surface area contributed by atoms with Gasteiger partial charge < -0.3 is 10.5 Å². The van der Waals surface area contributed by atoms with Crippen molar-refractivity contribution in [2.45, 2.75) is 23.9 Å². The summed E-state index contributed by atoms with van der Waals surface area (Å²) in [5.41, 5.74) is 21.1. The third-order valence-electron chi connectivity index (χ3n) is 12.3. The molecule has 1 aliphatic carbocycles. The van der Waals surface area contributed by atoms with Crippen molar-refractivity contribution >= 4 is 16.5 Å². The van der Waals surface area contributed by atoms with Gasteiger partial charge in [-0.3, -0.25) is 4.99 Å². The Labute approximate surface area is 321 Å². The molecule has 3 unspecified atom stereocenters. The molecule has 0 amide bonds. The van der Waals surface area contributed by atoms with E-state index in [-0.39, 0.29) is 18.0 Å². The zero-order valence-electron chi connectivity index (χ0n) is 30.3. The van der Waals surface area contributed by atoms with Crippen LogP contribution in [0.1, 0.15) is 57.4 Å². The van der Waals surface area contributed by atoms with Crippen LogP contribution < -0.4 is 10.5 Å². The number of para-hydroxylation sites is 2. The van der Waals surface area contributed by atoms with Gasteiger partial charge in [-0.05, 0) is 73.8 Å². The van der Waals surface area contributed by atoms with Crippen molar-refractivity contribution in [1.29, 1.82) is 0 Å². The van der Waals surface area contributed by atoms with Crippen LogP contribution in [0.15, 0.2) is 193 Å². The predicted octanol–water partition coefficient (Wildman–Crippen LogP) is 12.2. The standard InChI is InChI=1S/C52H38N2O/c53-49(42-32-47(34-16-2-1-3-17-34)54-50(42)36-30-29-33-15-4-5-18-35(33)31-36)40-22-7-6-19-37(40)41-23-14-27-46-51(41)55-48-28-13-12-26-45(48)52(46)43-24-10-8-20-38(43)39-21-9-11-25-44(39)52/h1-31,42,47,49H,32,53H2. The van der Waals surface area contributed by atoms with Crippen LogP contribution in [0.5, 0.6) is 11.5 Å². The number of benzene rings is 8. The van der Waals surface area contributed by atoms with Gasteiger partial charge in [-0.2, -0.15) is 0 Å². The number of nitrogens with zero attached hydrogens (tertiary/aromatic N) is 1. The van der Waals surface area contributed by atoms with Gasteiger partial charge in [0, 0.05) is 34.4 Å². The summed E-state index contributed by atoms with van der Waals surface area (Å²) in [4.78, 5) is 5.46. The topological polar surface area (TPSA) is 47.6 Å². The summed E-state index contributed by atoms with van der Waals surface area (Å²) in [6.07, 6.45) is 0.828. The summed E-state index contributed by atoms with van der Waals surface area (Å²) in [6, 6.07) is 67.3. The number of fused-ring (bicyclic) bond motifs is 10. The highest BCUT2D eigenvalue weighted by Crippen LogP contribution is 2.63. The molecule has 262 valence electrons. The Morgan fingerprint density at radius 1 is 0.527 bits per heavy atom. The molecule has 1 spiro atoms. The van der Waals surface area contributed by atoms with Crippen molar-refractivity contribution in [2.75, 3.05) is 0 Å². The molecule has 2 N–H and O–H groups in total. The normalized spacial score (nSPS) is 17.8. The largest absolute Gasteiger partial charge is 0.456 e. The van der Waals surface area contributed by atoms with Gasteiger partial charge in [0.15, 0.2) is 0 Å². The maximum Gasteiger partial charge on any atom is 0.140 e. The van der Waals surface area contributed by atoms with E-state index in [1.54, 1.807) is 0 Å². The Bertz CT molecular complexity index is 2770. The molecule has 8 aromatic rings. The zero-order chi connectivity index (χ0) is 36.5. The number of hydrogen-bond donors (Lipinski definition) is 1. The van der Waals surface area contributed by atoms with Crippen molar-refractivity contribution in [3.8, 4) is 33.8 Å². The first-order chi connectivity index (χ1) is 27.2. The molecular weight excluding hydrogens is 669 g/mol. The molecule has 3 heteroatoms. The molecule has 0 fully saturated rings. The molecule has 0 aromatic heterocycles. The monoisotopic (exact) mass is 706 g/mol. The molecule has 0 radical (unpaired) electrons. The minimum atomic E-state index is -0.533. The lowest BCUT2D eigenvalue weighted by molar-refractivity contribution is 0.438. The molecular formula is C52H38N2O. The van der Waals surface area contributed by atoms with E-state index in [9.17, 15) is 0 Å². The van der Waals surface area contributed by atoms with Crippen molar-refractivity contribution in [2.24, 2.45) is 16.6 Å². The fraction of sp³-hybridized carbons (Fsp3) is 0.0962. The zero-order valence-corrected chi connectivity index (χ0v) is 30.3. The molecule has 0 saturated carbocycles. The number of ether oxygens (including phenoxy) is 1. The van der Waals surface area contributed by atoms with Crippen LogP contribution in [-0.4, -0.2) is 5.71 Å². The smallest absolute Gasteiger partial charge is 0.140 e. The summed E-state index contributed by atoms with van der Waals surface area (Å²) >= 11 is 0. The van der Waals surface area contributed by atoms with Crippen LogP contribution >= 0.6 is 0 Å². The van der Waals surface area contributed by atoms with Crippen molar-refractivity contribution in [3.05, 3.63) is 227 Å². The van der Waals surface area contributed by atoms with E-state index in [0.717, 1.165) is 57.0 Å². The van der Waals surface area contributed by atoms with Gasteiger partial charge in [0.1, 0.15) is 11.5 Å². The van der Waals surface area contributed by atoms with E-state index >= 15 is 0 Å². The van der Waals surface area contributed by atoms with Gasteiger partial charge in [-0.15, -0.1) is 0 Å². The van der Waals surface area contributed by atoms with Gasteiger partial charge in [0.2, 0.25) is 0 Å². The fourth-order valence-electron chi connectivity index (χ4n) is 9.85. The van der Waals surface area contributed by atoms with E-state index in [1.165, 1.54) is 38.6 Å². The number of hydrogen-bond acceptors (Lipinski definition) is 3. The molecule has 2 heterocycles. The average molecular weight is 707 g/mol. The van der Waals surface area contributed by atoms with Crippen LogP contribution in [-0.2, 0) is 5.41 Å². The molecule has 3 nitrogen and oxygen atoms in total. The van der Waals surface area contributed by atoms with Crippen LogP contribution in [0.3, 0.4) is 0 Å². The summed E-state index contributed by atoms with van der Waals surface area (Å²) in [5.74, 6) is 1.75. The summed E-state index contributed by atoms with van der Waals surface area (Å²) in [6.45, 7) is 0. The second kappa shape index (κ2) is 12.5. The lowest BCUT2D eigenvalue weighted by atomic mass is 9.65. The van der Waals surface area contributed by atoms with E-state index in [1.807, 2.05) is 0 Å². The van der Waals surface area contributed by atoms with Crippen LogP contribution in [0.25, 0.3) is 33.0 Å². The Morgan fingerprint density at radius 2 is 1.13 bits per heavy atom. The van der Waals surface area contributed by atoms with E-state index in [0.29, 0.717) is 0 Å². The molecule has 8 aromatic carbocycles. The Balaban J connectivity index is 1.08. The highest BCUT2D eigenvalue weighted by atomic mass is 16.5. The van der Waals surface area contributed by atoms with Gasteiger partial charge in [-0.1, -0.05) is 176 Å². The SMILES string of the molecule is NC(c1ccccc1-c1cccc2c1Oc1ccccc1C21c2ccccc2-c2ccccc21)C1CC(c2ccccc2)N=C1c1ccc2ccccc2c1. The van der Waals surface area contributed by atoms with E-state index in [2.05, 4.69) is 188 Å². The Kier molecular flexibility index (Phi) is 7.26. The highest BCUT2D eigenvalue weighted by molar-refractivity contribution is 6.06. The maximum atomic E-state index is 7.59. The highest BCUT2D eigenvalue weighted by Gasteiger charge is 2.51. The molecule has 0 saturated heterocycles. The molecule has 3 aliphatic rings. The summed E-state index contributed by atoms with van der Waals surface area (Å²) in [7, 11) is 0. The van der Waals surface area contributed by atoms with Crippen molar-refractivity contribution in [3.63, 3.8) is 0 Å². The molecule has 3 atom stereocenters.